The summed E-state index contributed by atoms with van der Waals surface area (Å²) < 4.78 is 18.5. The minimum atomic E-state index is -0.842. The molecule has 2 aromatic rings. The standard InChI is InChI=1S/C21H18ClFN2O3/c22-18-11-17(8-3-14(18)12-24)25-19(26)13-28-20(27)21(9-1-2-10-21)15-4-6-16(23)7-5-15/h3-8,11H,1-2,9-10,13H2,(H,25,26). The quantitative estimate of drug-likeness (QED) is 0.757. The van der Waals surface area contributed by atoms with E-state index < -0.39 is 23.9 Å². The number of hydrogen-bond donors (Lipinski definition) is 1. The van der Waals surface area contributed by atoms with Crippen LogP contribution in [0.1, 0.15) is 36.8 Å². The highest BCUT2D eigenvalue weighted by Crippen LogP contribution is 2.42. The van der Waals surface area contributed by atoms with Crippen LogP contribution in [0.15, 0.2) is 42.5 Å². The van der Waals surface area contributed by atoms with Gasteiger partial charge in [-0.15, -0.1) is 0 Å². The van der Waals surface area contributed by atoms with Gasteiger partial charge in [-0.25, -0.2) is 4.39 Å². The van der Waals surface area contributed by atoms with Gasteiger partial charge in [-0.3, -0.25) is 9.59 Å². The second kappa shape index (κ2) is 8.41. The summed E-state index contributed by atoms with van der Waals surface area (Å²) in [4.78, 5) is 24.9. The Bertz CT molecular complexity index is 932. The van der Waals surface area contributed by atoms with Crippen molar-refractivity contribution in [2.45, 2.75) is 31.1 Å². The number of nitrogens with one attached hydrogen (secondary N) is 1. The van der Waals surface area contributed by atoms with E-state index in [0.29, 0.717) is 29.7 Å². The van der Waals surface area contributed by atoms with Gasteiger partial charge in [-0.05, 0) is 48.7 Å². The van der Waals surface area contributed by atoms with Gasteiger partial charge in [0.1, 0.15) is 11.9 Å². The summed E-state index contributed by atoms with van der Waals surface area (Å²) in [5.41, 5.74) is 0.564. The fraction of sp³-hybridized carbons (Fsp3) is 0.286. The molecule has 1 amide bonds. The van der Waals surface area contributed by atoms with Gasteiger partial charge in [-0.2, -0.15) is 5.26 Å². The molecule has 0 atom stereocenters. The van der Waals surface area contributed by atoms with E-state index in [9.17, 15) is 14.0 Å². The van der Waals surface area contributed by atoms with Gasteiger partial charge < -0.3 is 10.1 Å². The zero-order valence-corrected chi connectivity index (χ0v) is 15.8. The first-order valence-corrected chi connectivity index (χ1v) is 9.25. The molecule has 28 heavy (non-hydrogen) atoms. The largest absolute Gasteiger partial charge is 0.455 e. The van der Waals surface area contributed by atoms with Crippen LogP contribution in [0.2, 0.25) is 5.02 Å². The molecule has 0 unspecified atom stereocenters. The molecule has 2 aromatic carbocycles. The maximum Gasteiger partial charge on any atom is 0.317 e. The van der Waals surface area contributed by atoms with E-state index in [1.54, 1.807) is 18.2 Å². The Balaban J connectivity index is 1.65. The summed E-state index contributed by atoms with van der Waals surface area (Å²) in [6.45, 7) is -0.445. The molecular weight excluding hydrogens is 383 g/mol. The maximum atomic E-state index is 13.2. The predicted molar refractivity (Wildman–Crippen MR) is 102 cm³/mol. The summed E-state index contributed by atoms with van der Waals surface area (Å²) in [6, 6.07) is 12.3. The Morgan fingerprint density at radius 2 is 1.86 bits per heavy atom. The highest BCUT2D eigenvalue weighted by Gasteiger charge is 2.44. The Hall–Kier alpha value is -2.91. The number of carbonyl (C=O) groups excluding carboxylic acids is 2. The molecule has 0 radical (unpaired) electrons. The SMILES string of the molecule is N#Cc1ccc(NC(=O)COC(=O)C2(c3ccc(F)cc3)CCCC2)cc1Cl. The van der Waals surface area contributed by atoms with Crippen molar-refractivity contribution in [1.82, 2.24) is 0 Å². The molecule has 0 aliphatic heterocycles. The third-order valence-electron chi connectivity index (χ3n) is 4.95. The molecule has 0 aromatic heterocycles. The van der Waals surface area contributed by atoms with Crippen molar-refractivity contribution >= 4 is 29.2 Å². The van der Waals surface area contributed by atoms with Crippen LogP contribution in [-0.4, -0.2) is 18.5 Å². The van der Waals surface area contributed by atoms with Crippen molar-refractivity contribution in [3.8, 4) is 6.07 Å². The van der Waals surface area contributed by atoms with Gasteiger partial charge >= 0.3 is 5.97 Å². The number of carbonyl (C=O) groups is 2. The lowest BCUT2D eigenvalue weighted by molar-refractivity contribution is -0.153. The minimum Gasteiger partial charge on any atom is -0.455 e. The van der Waals surface area contributed by atoms with Crippen LogP contribution in [0.25, 0.3) is 0 Å². The fourth-order valence-corrected chi connectivity index (χ4v) is 3.73. The number of esters is 1. The van der Waals surface area contributed by atoms with Gasteiger partial charge in [0.25, 0.3) is 5.91 Å². The zero-order chi connectivity index (χ0) is 20.1. The number of anilines is 1. The number of ether oxygens (including phenoxy) is 1. The van der Waals surface area contributed by atoms with Gasteiger partial charge in [0.05, 0.1) is 16.0 Å². The molecule has 1 aliphatic carbocycles. The van der Waals surface area contributed by atoms with Gasteiger partial charge in [0, 0.05) is 5.69 Å². The van der Waals surface area contributed by atoms with Crippen molar-refractivity contribution in [1.29, 1.82) is 5.26 Å². The maximum absolute atomic E-state index is 13.2. The van der Waals surface area contributed by atoms with E-state index in [0.717, 1.165) is 12.8 Å². The molecule has 1 aliphatic rings. The van der Waals surface area contributed by atoms with Crippen LogP contribution in [-0.2, 0) is 19.7 Å². The summed E-state index contributed by atoms with van der Waals surface area (Å²) in [5, 5.41) is 11.7. The van der Waals surface area contributed by atoms with E-state index in [-0.39, 0.29) is 10.8 Å². The normalized spacial score (nSPS) is 14.9. The number of benzene rings is 2. The van der Waals surface area contributed by atoms with Crippen LogP contribution in [0.5, 0.6) is 0 Å². The molecule has 3 rings (SSSR count). The van der Waals surface area contributed by atoms with Crippen molar-refractivity contribution in [3.63, 3.8) is 0 Å². The first kappa shape index (κ1) is 19.8. The van der Waals surface area contributed by atoms with Gasteiger partial charge in [-0.1, -0.05) is 36.6 Å². The summed E-state index contributed by atoms with van der Waals surface area (Å²) in [5.74, 6) is -1.36. The molecule has 144 valence electrons. The summed E-state index contributed by atoms with van der Waals surface area (Å²) >= 11 is 5.94. The zero-order valence-electron chi connectivity index (χ0n) is 15.0. The van der Waals surface area contributed by atoms with E-state index in [1.807, 2.05) is 6.07 Å². The number of halogens is 2. The van der Waals surface area contributed by atoms with Crippen molar-refractivity contribution < 1.29 is 18.7 Å². The van der Waals surface area contributed by atoms with Gasteiger partial charge in [0.15, 0.2) is 6.61 Å². The Morgan fingerprint density at radius 1 is 1.18 bits per heavy atom. The molecule has 0 bridgehead atoms. The van der Waals surface area contributed by atoms with Crippen molar-refractivity contribution in [3.05, 3.63) is 64.4 Å². The second-order valence-electron chi connectivity index (χ2n) is 6.73. The van der Waals surface area contributed by atoms with Crippen LogP contribution < -0.4 is 5.32 Å². The monoisotopic (exact) mass is 400 g/mol. The van der Waals surface area contributed by atoms with Crippen molar-refractivity contribution in [2.75, 3.05) is 11.9 Å². The fourth-order valence-electron chi connectivity index (χ4n) is 3.51. The lowest BCUT2D eigenvalue weighted by Gasteiger charge is -2.27. The van der Waals surface area contributed by atoms with E-state index in [1.165, 1.54) is 24.3 Å². The van der Waals surface area contributed by atoms with Gasteiger partial charge in [0.2, 0.25) is 0 Å². The molecule has 5 nitrogen and oxygen atoms in total. The highest BCUT2D eigenvalue weighted by molar-refractivity contribution is 6.32. The smallest absolute Gasteiger partial charge is 0.317 e. The second-order valence-corrected chi connectivity index (χ2v) is 7.13. The number of nitrogens with zero attached hydrogens (tertiary/aromatic N) is 1. The molecule has 1 fully saturated rings. The Labute approximate surface area is 167 Å². The van der Waals surface area contributed by atoms with E-state index in [2.05, 4.69) is 5.32 Å². The molecular formula is C21H18ClFN2O3. The summed E-state index contributed by atoms with van der Waals surface area (Å²) in [7, 11) is 0. The lowest BCUT2D eigenvalue weighted by atomic mass is 9.79. The van der Waals surface area contributed by atoms with E-state index >= 15 is 0 Å². The van der Waals surface area contributed by atoms with Crippen LogP contribution >= 0.6 is 11.6 Å². The number of hydrogen-bond acceptors (Lipinski definition) is 4. The number of nitriles is 1. The molecule has 7 heteroatoms. The first-order valence-electron chi connectivity index (χ1n) is 8.87. The molecule has 0 saturated heterocycles. The topological polar surface area (TPSA) is 79.2 Å². The lowest BCUT2D eigenvalue weighted by Crippen LogP contribution is -2.36. The molecule has 0 heterocycles. The first-order chi connectivity index (χ1) is 13.4. The average molecular weight is 401 g/mol. The minimum absolute atomic E-state index is 0.221. The Morgan fingerprint density at radius 3 is 2.46 bits per heavy atom. The molecule has 1 N–H and O–H groups in total. The molecule has 0 spiro atoms. The molecule has 1 saturated carbocycles. The average Bonchev–Trinajstić information content (AvgIpc) is 3.18. The number of rotatable bonds is 5. The third-order valence-corrected chi connectivity index (χ3v) is 5.27. The highest BCUT2D eigenvalue weighted by atomic mass is 35.5. The van der Waals surface area contributed by atoms with Crippen molar-refractivity contribution in [2.24, 2.45) is 0 Å². The predicted octanol–water partition coefficient (Wildman–Crippen LogP) is 4.34. The number of amides is 1. The third kappa shape index (κ3) is 4.15. The summed E-state index contributed by atoms with van der Waals surface area (Å²) in [6.07, 6.45) is 2.93. The Kier molecular flexibility index (Phi) is 5.96. The van der Waals surface area contributed by atoms with Crippen LogP contribution in [0.3, 0.4) is 0 Å². The van der Waals surface area contributed by atoms with Crippen LogP contribution in [0.4, 0.5) is 10.1 Å². The van der Waals surface area contributed by atoms with E-state index in [4.69, 9.17) is 21.6 Å². The van der Waals surface area contributed by atoms with Crippen LogP contribution in [0, 0.1) is 17.1 Å².